The summed E-state index contributed by atoms with van der Waals surface area (Å²) in [6.07, 6.45) is 4.18. The molecule has 1 aliphatic rings. The minimum Gasteiger partial charge on any atom is -0.462 e. The Labute approximate surface area is 153 Å². The molecule has 0 aromatic heterocycles. The fourth-order valence-corrected chi connectivity index (χ4v) is 2.86. The van der Waals surface area contributed by atoms with Gasteiger partial charge in [0.15, 0.2) is 0 Å². The molecule has 2 amide bonds. The van der Waals surface area contributed by atoms with E-state index < -0.39 is 28.6 Å². The molecule has 8 nitrogen and oxygen atoms in total. The first kappa shape index (κ1) is 19.4. The van der Waals surface area contributed by atoms with Crippen LogP contribution in [0.3, 0.4) is 0 Å². The van der Waals surface area contributed by atoms with E-state index in [0.29, 0.717) is 5.56 Å². The number of imide groups is 1. The Morgan fingerprint density at radius 2 is 2.12 bits per heavy atom. The van der Waals surface area contributed by atoms with Crippen molar-refractivity contribution >= 4 is 40.6 Å². The monoisotopic (exact) mass is 376 g/mol. The van der Waals surface area contributed by atoms with Gasteiger partial charge in [0.1, 0.15) is 6.54 Å². The van der Waals surface area contributed by atoms with Crippen LogP contribution in [0.5, 0.6) is 0 Å². The maximum atomic E-state index is 12.2. The summed E-state index contributed by atoms with van der Waals surface area (Å²) >= 11 is 0.717. The number of amides is 2. The van der Waals surface area contributed by atoms with E-state index in [-0.39, 0.29) is 16.7 Å². The van der Waals surface area contributed by atoms with Gasteiger partial charge in [-0.1, -0.05) is 24.3 Å². The molecule has 1 aliphatic heterocycles. The standard InChI is InChI=1S/C17H16N2O6S/c1-11(2)25-15(20)10-18-16(21)14(26-17(18)22)8-4-6-12-5-3-7-13(9-12)19(23)24/h3-9,11H,10H2,1-2H3/b6-4+,14-8-. The van der Waals surface area contributed by atoms with E-state index in [1.165, 1.54) is 24.3 Å². The number of nitro groups is 1. The highest BCUT2D eigenvalue weighted by molar-refractivity contribution is 8.18. The highest BCUT2D eigenvalue weighted by Crippen LogP contribution is 2.30. The van der Waals surface area contributed by atoms with E-state index in [4.69, 9.17) is 4.74 Å². The van der Waals surface area contributed by atoms with Crippen molar-refractivity contribution in [3.63, 3.8) is 0 Å². The molecule has 1 saturated heterocycles. The minimum atomic E-state index is -0.657. The molecule has 0 atom stereocenters. The smallest absolute Gasteiger partial charge is 0.326 e. The van der Waals surface area contributed by atoms with E-state index in [0.717, 1.165) is 16.7 Å². The maximum absolute atomic E-state index is 12.2. The molecule has 1 heterocycles. The molecule has 1 fully saturated rings. The Morgan fingerprint density at radius 3 is 2.77 bits per heavy atom. The first-order chi connectivity index (χ1) is 12.3. The summed E-state index contributed by atoms with van der Waals surface area (Å²) in [4.78, 5) is 47.0. The van der Waals surface area contributed by atoms with Gasteiger partial charge in [-0.15, -0.1) is 0 Å². The van der Waals surface area contributed by atoms with E-state index in [1.807, 2.05) is 0 Å². The predicted molar refractivity (Wildman–Crippen MR) is 96.1 cm³/mol. The number of carbonyl (C=O) groups is 3. The molecule has 0 spiro atoms. The van der Waals surface area contributed by atoms with Crippen LogP contribution < -0.4 is 0 Å². The van der Waals surface area contributed by atoms with Crippen molar-refractivity contribution in [3.05, 3.63) is 57.0 Å². The SMILES string of the molecule is CC(C)OC(=O)CN1C(=O)S/C(=C\C=C\c2cccc([N+](=O)[O-])c2)C1=O. The van der Waals surface area contributed by atoms with Crippen LogP contribution in [-0.2, 0) is 14.3 Å². The lowest BCUT2D eigenvalue weighted by Crippen LogP contribution is -2.35. The summed E-state index contributed by atoms with van der Waals surface area (Å²) in [6.45, 7) is 2.91. The van der Waals surface area contributed by atoms with E-state index in [1.54, 1.807) is 32.1 Å². The Hall–Kier alpha value is -2.94. The van der Waals surface area contributed by atoms with Crippen molar-refractivity contribution in [2.24, 2.45) is 0 Å². The van der Waals surface area contributed by atoms with Gasteiger partial charge in [0.25, 0.3) is 16.8 Å². The van der Waals surface area contributed by atoms with Gasteiger partial charge in [-0.05, 0) is 37.2 Å². The molecule has 0 radical (unpaired) electrons. The Kier molecular flexibility index (Phi) is 6.29. The highest BCUT2D eigenvalue weighted by atomic mass is 32.2. The number of benzene rings is 1. The van der Waals surface area contributed by atoms with Crippen molar-refractivity contribution in [2.45, 2.75) is 20.0 Å². The van der Waals surface area contributed by atoms with Crippen LogP contribution in [0, 0.1) is 10.1 Å². The molecule has 0 bridgehead atoms. The van der Waals surface area contributed by atoms with Gasteiger partial charge in [-0.3, -0.25) is 29.4 Å². The maximum Gasteiger partial charge on any atom is 0.326 e. The number of carbonyl (C=O) groups excluding carboxylic acids is 3. The van der Waals surface area contributed by atoms with Gasteiger partial charge in [-0.2, -0.15) is 0 Å². The van der Waals surface area contributed by atoms with Crippen molar-refractivity contribution in [2.75, 3.05) is 6.54 Å². The topological polar surface area (TPSA) is 107 Å². The number of allylic oxidation sites excluding steroid dienone is 2. The lowest BCUT2D eigenvalue weighted by Gasteiger charge is -2.13. The number of thioether (sulfide) groups is 1. The second-order valence-electron chi connectivity index (χ2n) is 5.54. The third-order valence-electron chi connectivity index (χ3n) is 3.15. The Morgan fingerprint density at radius 1 is 1.38 bits per heavy atom. The van der Waals surface area contributed by atoms with E-state index in [2.05, 4.69) is 0 Å². The lowest BCUT2D eigenvalue weighted by molar-refractivity contribution is -0.384. The molecular formula is C17H16N2O6S. The van der Waals surface area contributed by atoms with Crippen LogP contribution >= 0.6 is 11.8 Å². The van der Waals surface area contributed by atoms with Gasteiger partial charge in [-0.25, -0.2) is 0 Å². The van der Waals surface area contributed by atoms with E-state index >= 15 is 0 Å². The molecular weight excluding hydrogens is 360 g/mol. The largest absolute Gasteiger partial charge is 0.462 e. The first-order valence-electron chi connectivity index (χ1n) is 7.64. The summed E-state index contributed by atoms with van der Waals surface area (Å²) < 4.78 is 4.93. The molecule has 1 aromatic rings. The normalized spacial score (nSPS) is 16.1. The Balaban J connectivity index is 2.06. The predicted octanol–water partition coefficient (Wildman–Crippen LogP) is 3.14. The summed E-state index contributed by atoms with van der Waals surface area (Å²) in [5.41, 5.74) is 0.534. The molecule has 0 unspecified atom stereocenters. The number of hydrogen-bond acceptors (Lipinski definition) is 7. The number of nitro benzene ring substituents is 1. The third-order valence-corrected chi connectivity index (χ3v) is 4.07. The molecule has 0 aliphatic carbocycles. The van der Waals surface area contributed by atoms with Gasteiger partial charge >= 0.3 is 5.97 Å². The molecule has 9 heteroatoms. The number of non-ortho nitro benzene ring substituents is 1. The zero-order chi connectivity index (χ0) is 19.3. The lowest BCUT2D eigenvalue weighted by atomic mass is 10.2. The number of ether oxygens (including phenoxy) is 1. The van der Waals surface area contributed by atoms with Crippen molar-refractivity contribution < 1.29 is 24.0 Å². The molecule has 136 valence electrons. The van der Waals surface area contributed by atoms with Crippen molar-refractivity contribution in [1.82, 2.24) is 4.90 Å². The molecule has 0 saturated carbocycles. The fourth-order valence-electron chi connectivity index (χ4n) is 2.07. The van der Waals surface area contributed by atoms with E-state index in [9.17, 15) is 24.5 Å². The second kappa shape index (κ2) is 8.43. The minimum absolute atomic E-state index is 0.0452. The van der Waals surface area contributed by atoms with Crippen LogP contribution in [0.2, 0.25) is 0 Å². The number of rotatable bonds is 6. The van der Waals surface area contributed by atoms with Gasteiger partial charge < -0.3 is 4.74 Å². The summed E-state index contributed by atoms with van der Waals surface area (Å²) in [5.74, 6) is -1.24. The summed E-state index contributed by atoms with van der Waals surface area (Å²) in [6, 6.07) is 5.98. The molecule has 1 aromatic carbocycles. The zero-order valence-electron chi connectivity index (χ0n) is 14.1. The van der Waals surface area contributed by atoms with Crippen molar-refractivity contribution in [1.29, 1.82) is 0 Å². The van der Waals surface area contributed by atoms with Gasteiger partial charge in [0, 0.05) is 12.1 Å². The summed E-state index contributed by atoms with van der Waals surface area (Å²) in [5, 5.41) is 10.2. The quantitative estimate of drug-likeness (QED) is 0.325. The van der Waals surface area contributed by atoms with Crippen LogP contribution in [-0.4, -0.2) is 39.6 Å². The second-order valence-corrected chi connectivity index (χ2v) is 6.53. The Bertz CT molecular complexity index is 815. The number of nitrogens with zero attached hydrogens (tertiary/aromatic N) is 2. The van der Waals surface area contributed by atoms with Crippen LogP contribution in [0.4, 0.5) is 10.5 Å². The third kappa shape index (κ3) is 5.03. The van der Waals surface area contributed by atoms with Crippen LogP contribution in [0.15, 0.2) is 41.3 Å². The zero-order valence-corrected chi connectivity index (χ0v) is 14.9. The first-order valence-corrected chi connectivity index (χ1v) is 8.45. The van der Waals surface area contributed by atoms with Crippen LogP contribution in [0.25, 0.3) is 6.08 Å². The fraction of sp³-hybridized carbons (Fsp3) is 0.235. The molecule has 26 heavy (non-hydrogen) atoms. The van der Waals surface area contributed by atoms with Crippen LogP contribution in [0.1, 0.15) is 19.4 Å². The van der Waals surface area contributed by atoms with Gasteiger partial charge in [0.2, 0.25) is 0 Å². The number of esters is 1. The molecule has 0 N–H and O–H groups in total. The highest BCUT2D eigenvalue weighted by Gasteiger charge is 2.36. The van der Waals surface area contributed by atoms with Gasteiger partial charge in [0.05, 0.1) is 15.9 Å². The van der Waals surface area contributed by atoms with Crippen molar-refractivity contribution in [3.8, 4) is 0 Å². The average Bonchev–Trinajstić information content (AvgIpc) is 2.82. The summed E-state index contributed by atoms with van der Waals surface area (Å²) in [7, 11) is 0. The number of hydrogen-bond donors (Lipinski definition) is 0. The molecule has 2 rings (SSSR count). The average molecular weight is 376 g/mol.